The summed E-state index contributed by atoms with van der Waals surface area (Å²) in [5, 5.41) is 0. The van der Waals surface area contributed by atoms with Gasteiger partial charge in [-0.1, -0.05) is 20.3 Å². The van der Waals surface area contributed by atoms with Gasteiger partial charge in [0.1, 0.15) is 6.21 Å². The Bertz CT molecular complexity index is 563. The first-order chi connectivity index (χ1) is 10.0. The first-order valence-corrected chi connectivity index (χ1v) is 8.33. The molecule has 2 aliphatic rings. The highest BCUT2D eigenvalue weighted by molar-refractivity contribution is 8.03. The van der Waals surface area contributed by atoms with Gasteiger partial charge in [0.2, 0.25) is 0 Å². The number of fused-ring (bicyclic) bond motifs is 1. The summed E-state index contributed by atoms with van der Waals surface area (Å²) >= 11 is 1.72. The van der Waals surface area contributed by atoms with Crippen LogP contribution in [-0.4, -0.2) is 53.3 Å². The molecule has 0 bridgehead atoms. The number of urea groups is 1. The van der Waals surface area contributed by atoms with Crippen molar-refractivity contribution in [3.05, 3.63) is 10.5 Å². The first kappa shape index (κ1) is 15.9. The zero-order chi connectivity index (χ0) is 15.6. The summed E-state index contributed by atoms with van der Waals surface area (Å²) in [5.41, 5.74) is 1.13. The number of aliphatic imine (C=N–C) groups is 1. The molecule has 0 aromatic heterocycles. The van der Waals surface area contributed by atoms with Crippen molar-refractivity contribution in [3.8, 4) is 0 Å². The predicted octanol–water partition coefficient (Wildman–Crippen LogP) is 2.52. The van der Waals surface area contributed by atoms with Crippen molar-refractivity contribution in [3.63, 3.8) is 0 Å². The molecule has 2 rings (SSSR count). The van der Waals surface area contributed by atoms with E-state index in [1.807, 2.05) is 6.21 Å². The normalized spacial score (nSPS) is 22.3. The minimum absolute atomic E-state index is 0.169. The zero-order valence-corrected chi connectivity index (χ0v) is 13.9. The number of dihydropyridines is 1. The molecule has 0 spiro atoms. The molecule has 6 heteroatoms. The number of amides is 3. The Morgan fingerprint density at radius 2 is 2.05 bits per heavy atom. The summed E-state index contributed by atoms with van der Waals surface area (Å²) in [6, 6.07) is -0.317. The van der Waals surface area contributed by atoms with Gasteiger partial charge in [-0.05, 0) is 24.2 Å². The van der Waals surface area contributed by atoms with E-state index >= 15 is 0 Å². The van der Waals surface area contributed by atoms with Gasteiger partial charge in [0.05, 0.1) is 14.1 Å². The van der Waals surface area contributed by atoms with Crippen LogP contribution in [-0.2, 0) is 4.79 Å². The number of amidine groups is 1. The fourth-order valence-electron chi connectivity index (χ4n) is 2.54. The highest BCUT2D eigenvalue weighted by Crippen LogP contribution is 2.36. The average Bonchev–Trinajstić information content (AvgIpc) is 2.49. The summed E-state index contributed by atoms with van der Waals surface area (Å²) < 4.78 is 1.48. The van der Waals surface area contributed by atoms with Gasteiger partial charge in [-0.25, -0.2) is 4.79 Å². The zero-order valence-electron chi connectivity index (χ0n) is 13.0. The molecular formula is C15H22N3O2S+. The molecule has 0 aromatic carbocycles. The van der Waals surface area contributed by atoms with E-state index in [9.17, 15) is 9.59 Å². The monoisotopic (exact) mass is 308 g/mol. The summed E-state index contributed by atoms with van der Waals surface area (Å²) in [6.07, 6.45) is 4.80. The number of allylic oxidation sites excluding steroid dienone is 1. The Morgan fingerprint density at radius 3 is 2.67 bits per heavy atom. The summed E-state index contributed by atoms with van der Waals surface area (Å²) in [6.45, 7) is 4.24. The fourth-order valence-corrected chi connectivity index (χ4v) is 3.68. The van der Waals surface area contributed by atoms with E-state index in [2.05, 4.69) is 18.8 Å². The van der Waals surface area contributed by atoms with Gasteiger partial charge in [0, 0.05) is 4.91 Å². The van der Waals surface area contributed by atoms with Crippen LogP contribution in [0.4, 0.5) is 4.79 Å². The van der Waals surface area contributed by atoms with Crippen molar-refractivity contribution in [2.75, 3.05) is 19.8 Å². The SMILES string of the molecule is CCCSC1=C(CCC)C=NC2=[N+](C)C(=O)N(C)C(=O)C12. The van der Waals surface area contributed by atoms with Crippen molar-refractivity contribution in [2.24, 2.45) is 10.9 Å². The number of carbonyl (C=O) groups excluding carboxylic acids is 2. The van der Waals surface area contributed by atoms with Crippen LogP contribution >= 0.6 is 11.8 Å². The molecule has 2 heterocycles. The standard InChI is InChI=1S/C15H22N3O2S/c1-5-7-10-9-16-13-11(12(10)21-8-6-2)14(19)18(4)15(20)17(13)3/h9,11H,5-8H2,1-4H3/q+1. The molecule has 3 amide bonds. The van der Waals surface area contributed by atoms with Crippen LogP contribution < -0.4 is 0 Å². The number of carbonyl (C=O) groups is 2. The van der Waals surface area contributed by atoms with E-state index < -0.39 is 5.92 Å². The lowest BCUT2D eigenvalue weighted by Gasteiger charge is -2.28. The molecule has 0 N–H and O–H groups in total. The molecule has 0 radical (unpaired) electrons. The summed E-state index contributed by atoms with van der Waals surface area (Å²) in [5.74, 6) is 0.939. The van der Waals surface area contributed by atoms with Gasteiger partial charge in [-0.3, -0.25) is 4.79 Å². The van der Waals surface area contributed by atoms with E-state index in [1.54, 1.807) is 18.8 Å². The van der Waals surface area contributed by atoms with Gasteiger partial charge in [0.25, 0.3) is 5.84 Å². The van der Waals surface area contributed by atoms with E-state index in [4.69, 9.17) is 0 Å². The van der Waals surface area contributed by atoms with Gasteiger partial charge < -0.3 is 0 Å². The minimum atomic E-state index is -0.416. The second-order valence-electron chi connectivity index (χ2n) is 5.28. The largest absolute Gasteiger partial charge is 0.445 e. The fraction of sp³-hybridized carbons (Fsp3) is 0.600. The van der Waals surface area contributed by atoms with E-state index in [0.29, 0.717) is 5.84 Å². The number of imide groups is 1. The topological polar surface area (TPSA) is 52.8 Å². The third kappa shape index (κ3) is 2.81. The Labute approximate surface area is 129 Å². The number of nitrogens with zero attached hydrogens (tertiary/aromatic N) is 3. The van der Waals surface area contributed by atoms with Gasteiger partial charge in [-0.15, -0.1) is 16.8 Å². The third-order valence-corrected chi connectivity index (χ3v) is 5.09. The Balaban J connectivity index is 2.51. The Hall–Kier alpha value is -1.43. The molecule has 0 saturated carbocycles. The van der Waals surface area contributed by atoms with Gasteiger partial charge in [-0.2, -0.15) is 9.48 Å². The average molecular weight is 308 g/mol. The lowest BCUT2D eigenvalue weighted by molar-refractivity contribution is -0.407. The molecular weight excluding hydrogens is 286 g/mol. The number of hydrogen-bond acceptors (Lipinski definition) is 4. The van der Waals surface area contributed by atoms with E-state index in [1.165, 1.54) is 16.5 Å². The van der Waals surface area contributed by atoms with Gasteiger partial charge >= 0.3 is 11.9 Å². The molecule has 5 nitrogen and oxygen atoms in total. The van der Waals surface area contributed by atoms with Crippen molar-refractivity contribution in [1.82, 2.24) is 4.90 Å². The van der Waals surface area contributed by atoms with Crippen LogP contribution in [0, 0.1) is 5.92 Å². The maximum absolute atomic E-state index is 12.6. The van der Waals surface area contributed by atoms with Gasteiger partial charge in [0.15, 0.2) is 5.92 Å². The molecule has 1 atom stereocenters. The lowest BCUT2D eigenvalue weighted by Crippen LogP contribution is -2.52. The van der Waals surface area contributed by atoms with Crippen molar-refractivity contribution in [2.45, 2.75) is 33.1 Å². The molecule has 0 aromatic rings. The van der Waals surface area contributed by atoms with E-state index in [0.717, 1.165) is 35.5 Å². The molecule has 114 valence electrons. The second kappa shape index (κ2) is 6.56. The van der Waals surface area contributed by atoms with Crippen molar-refractivity contribution < 1.29 is 14.2 Å². The number of thioether (sulfide) groups is 1. The molecule has 0 aliphatic carbocycles. The molecule has 0 fully saturated rings. The van der Waals surface area contributed by atoms with Crippen LogP contribution in [0.1, 0.15) is 33.1 Å². The minimum Gasteiger partial charge on any atom is -0.255 e. The van der Waals surface area contributed by atoms with Crippen molar-refractivity contribution in [1.29, 1.82) is 0 Å². The van der Waals surface area contributed by atoms with Crippen LogP contribution in [0.15, 0.2) is 15.5 Å². The summed E-state index contributed by atoms with van der Waals surface area (Å²) in [4.78, 5) is 31.3. The third-order valence-electron chi connectivity index (χ3n) is 3.67. The molecule has 2 aliphatic heterocycles. The highest BCUT2D eigenvalue weighted by atomic mass is 32.2. The number of rotatable bonds is 5. The first-order valence-electron chi connectivity index (χ1n) is 7.34. The molecule has 1 unspecified atom stereocenters. The predicted molar refractivity (Wildman–Crippen MR) is 86.0 cm³/mol. The maximum atomic E-state index is 12.6. The number of hydrogen-bond donors (Lipinski definition) is 0. The Kier molecular flexibility index (Phi) is 4.98. The maximum Gasteiger partial charge on any atom is 0.445 e. The lowest BCUT2D eigenvalue weighted by atomic mass is 9.96. The second-order valence-corrected chi connectivity index (χ2v) is 6.41. The summed E-state index contributed by atoms with van der Waals surface area (Å²) in [7, 11) is 3.22. The van der Waals surface area contributed by atoms with Crippen LogP contribution in [0.5, 0.6) is 0 Å². The van der Waals surface area contributed by atoms with E-state index in [-0.39, 0.29) is 11.9 Å². The van der Waals surface area contributed by atoms with Crippen LogP contribution in [0.3, 0.4) is 0 Å². The van der Waals surface area contributed by atoms with Crippen molar-refractivity contribution >= 4 is 35.8 Å². The Morgan fingerprint density at radius 1 is 1.33 bits per heavy atom. The van der Waals surface area contributed by atoms with Crippen LogP contribution in [0.25, 0.3) is 0 Å². The quantitative estimate of drug-likeness (QED) is 0.733. The van der Waals surface area contributed by atoms with Crippen LogP contribution in [0.2, 0.25) is 0 Å². The molecule has 21 heavy (non-hydrogen) atoms. The molecule has 0 saturated heterocycles. The highest BCUT2D eigenvalue weighted by Gasteiger charge is 2.48. The smallest absolute Gasteiger partial charge is 0.255 e.